The van der Waals surface area contributed by atoms with Gasteiger partial charge in [0, 0.05) is 26.6 Å². The number of amides is 1. The van der Waals surface area contributed by atoms with Gasteiger partial charge in [-0.1, -0.05) is 13.8 Å². The fraction of sp³-hybridized carbons (Fsp3) is 0.789. The van der Waals surface area contributed by atoms with E-state index < -0.39 is 17.2 Å². The molecule has 1 aliphatic rings. The normalized spacial score (nSPS) is 14.1. The molecule has 2 rings (SSSR count). The summed E-state index contributed by atoms with van der Waals surface area (Å²) in [6.07, 6.45) is 3.25. The van der Waals surface area contributed by atoms with E-state index in [0.29, 0.717) is 19.0 Å². The Balaban J connectivity index is 0.00000420. The predicted molar refractivity (Wildman–Crippen MR) is 125 cm³/mol. The van der Waals surface area contributed by atoms with Crippen LogP contribution in [0.3, 0.4) is 0 Å². The van der Waals surface area contributed by atoms with Crippen LogP contribution in [0.2, 0.25) is 0 Å². The lowest BCUT2D eigenvalue weighted by atomic mass is 9.93. The number of nitrogens with one attached hydrogen (secondary N) is 3. The zero-order chi connectivity index (χ0) is 20.8. The lowest BCUT2D eigenvalue weighted by molar-refractivity contribution is 0.0448. The van der Waals surface area contributed by atoms with Crippen molar-refractivity contribution >= 4 is 36.0 Å². The molecule has 0 aromatic carbocycles. The Labute approximate surface area is 190 Å². The molecule has 1 aromatic heterocycles. The van der Waals surface area contributed by atoms with Crippen molar-refractivity contribution in [2.24, 2.45) is 4.99 Å². The van der Waals surface area contributed by atoms with Crippen molar-refractivity contribution < 1.29 is 9.53 Å². The summed E-state index contributed by atoms with van der Waals surface area (Å²) in [7, 11) is 1.73. The summed E-state index contributed by atoms with van der Waals surface area (Å²) < 4.78 is 7.59. The zero-order valence-corrected chi connectivity index (χ0v) is 20.8. The lowest BCUT2D eigenvalue weighted by Gasteiger charge is -2.34. The van der Waals surface area contributed by atoms with Gasteiger partial charge in [-0.2, -0.15) is 0 Å². The van der Waals surface area contributed by atoms with Crippen molar-refractivity contribution in [1.82, 2.24) is 30.7 Å². The smallest absolute Gasteiger partial charge is 0.408 e. The molecule has 2 heterocycles. The number of hydrogen-bond acceptors (Lipinski definition) is 5. The number of aromatic nitrogens is 3. The molecule has 0 aliphatic carbocycles. The van der Waals surface area contributed by atoms with E-state index in [-0.39, 0.29) is 24.0 Å². The van der Waals surface area contributed by atoms with Gasteiger partial charge in [-0.05, 0) is 40.0 Å². The Morgan fingerprint density at radius 2 is 1.90 bits per heavy atom. The Morgan fingerprint density at radius 1 is 1.21 bits per heavy atom. The quantitative estimate of drug-likeness (QED) is 0.290. The van der Waals surface area contributed by atoms with E-state index in [0.717, 1.165) is 43.9 Å². The summed E-state index contributed by atoms with van der Waals surface area (Å²) in [5, 5.41) is 18.1. The maximum absolute atomic E-state index is 12.3. The minimum Gasteiger partial charge on any atom is -0.444 e. The molecule has 0 unspecified atom stereocenters. The largest absolute Gasteiger partial charge is 0.444 e. The van der Waals surface area contributed by atoms with Crippen LogP contribution < -0.4 is 16.0 Å². The highest BCUT2D eigenvalue weighted by Gasteiger charge is 2.30. The van der Waals surface area contributed by atoms with Gasteiger partial charge in [0.15, 0.2) is 11.8 Å². The fourth-order valence-electron chi connectivity index (χ4n) is 3.22. The zero-order valence-electron chi connectivity index (χ0n) is 18.5. The summed E-state index contributed by atoms with van der Waals surface area (Å²) in [4.78, 5) is 16.6. The van der Waals surface area contributed by atoms with Crippen molar-refractivity contribution in [2.75, 3.05) is 13.6 Å². The average Bonchev–Trinajstić information content (AvgIpc) is 3.23. The molecule has 9 nitrogen and oxygen atoms in total. The first-order chi connectivity index (χ1) is 13.2. The van der Waals surface area contributed by atoms with Gasteiger partial charge in [0.05, 0.1) is 12.1 Å². The number of aryl methyl sites for hydroxylation is 1. The van der Waals surface area contributed by atoms with E-state index in [9.17, 15) is 4.79 Å². The van der Waals surface area contributed by atoms with E-state index >= 15 is 0 Å². The van der Waals surface area contributed by atoms with E-state index in [1.54, 1.807) is 7.05 Å². The molecule has 166 valence electrons. The van der Waals surface area contributed by atoms with E-state index in [4.69, 9.17) is 4.74 Å². The second-order valence-electron chi connectivity index (χ2n) is 8.18. The monoisotopic (exact) mass is 521 g/mol. The molecule has 1 aliphatic heterocycles. The number of aliphatic imine (C=N–C) groups is 1. The van der Waals surface area contributed by atoms with Crippen LogP contribution in [0.4, 0.5) is 4.79 Å². The summed E-state index contributed by atoms with van der Waals surface area (Å²) >= 11 is 0. The second kappa shape index (κ2) is 11.0. The van der Waals surface area contributed by atoms with Crippen LogP contribution in [0, 0.1) is 0 Å². The molecule has 0 spiro atoms. The molecular formula is C19H36IN7O2. The van der Waals surface area contributed by atoms with E-state index in [1.165, 1.54) is 0 Å². The third-order valence-electron chi connectivity index (χ3n) is 5.04. The number of alkyl carbamates (subject to hydrolysis) is 1. The van der Waals surface area contributed by atoms with Crippen molar-refractivity contribution in [3.05, 3.63) is 11.6 Å². The number of rotatable bonds is 7. The Hall–Kier alpha value is -1.59. The van der Waals surface area contributed by atoms with E-state index in [1.807, 2.05) is 20.8 Å². The van der Waals surface area contributed by atoms with Crippen LogP contribution in [0.5, 0.6) is 0 Å². The number of guanidine groups is 1. The molecular weight excluding hydrogens is 485 g/mol. The van der Waals surface area contributed by atoms with Crippen LogP contribution in [0.1, 0.15) is 65.5 Å². The first kappa shape index (κ1) is 25.4. The molecule has 10 heteroatoms. The number of ether oxygens (including phenoxy) is 1. The lowest BCUT2D eigenvalue weighted by Crippen LogP contribution is -2.57. The molecule has 1 aromatic rings. The Morgan fingerprint density at radius 3 is 2.48 bits per heavy atom. The third kappa shape index (κ3) is 7.31. The molecule has 1 amide bonds. The highest BCUT2D eigenvalue weighted by atomic mass is 127. The second-order valence-corrected chi connectivity index (χ2v) is 8.18. The van der Waals surface area contributed by atoms with Gasteiger partial charge in [-0.25, -0.2) is 4.79 Å². The predicted octanol–water partition coefficient (Wildman–Crippen LogP) is 2.59. The van der Waals surface area contributed by atoms with Crippen LogP contribution in [-0.4, -0.2) is 51.5 Å². The van der Waals surface area contributed by atoms with Crippen molar-refractivity contribution in [3.8, 4) is 0 Å². The maximum atomic E-state index is 12.3. The number of carbonyl (C=O) groups is 1. The molecule has 3 N–H and O–H groups in total. The minimum atomic E-state index is -0.527. The molecule has 0 fully saturated rings. The maximum Gasteiger partial charge on any atom is 0.408 e. The van der Waals surface area contributed by atoms with Crippen molar-refractivity contribution in [1.29, 1.82) is 0 Å². The van der Waals surface area contributed by atoms with E-state index in [2.05, 4.69) is 49.6 Å². The topological polar surface area (TPSA) is 105 Å². The minimum absolute atomic E-state index is 0. The standard InChI is InChI=1S/C19H35N7O2.HI/c1-7-19(8-2,23-17(27)28-18(3,4)5)13-22-16(20-6)21-12-15-25-24-14-10-9-11-26(14)15;/h7-13H2,1-6H3,(H,23,27)(H2,20,21,22);1H. The van der Waals surface area contributed by atoms with Crippen molar-refractivity contribution in [2.45, 2.75) is 84.5 Å². The summed E-state index contributed by atoms with van der Waals surface area (Å²) in [5.74, 6) is 2.63. The van der Waals surface area contributed by atoms with Crippen LogP contribution >= 0.6 is 24.0 Å². The highest BCUT2D eigenvalue weighted by Crippen LogP contribution is 2.16. The van der Waals surface area contributed by atoms with Gasteiger partial charge in [0.25, 0.3) is 0 Å². The van der Waals surface area contributed by atoms with Crippen LogP contribution in [-0.2, 0) is 24.2 Å². The number of carbonyl (C=O) groups excluding carboxylic acids is 1. The van der Waals surface area contributed by atoms with Gasteiger partial charge in [0.2, 0.25) is 0 Å². The number of halogens is 1. The average molecular weight is 521 g/mol. The van der Waals surface area contributed by atoms with Gasteiger partial charge >= 0.3 is 6.09 Å². The first-order valence-corrected chi connectivity index (χ1v) is 10.1. The van der Waals surface area contributed by atoms with Crippen molar-refractivity contribution in [3.63, 3.8) is 0 Å². The van der Waals surface area contributed by atoms with Crippen LogP contribution in [0.25, 0.3) is 0 Å². The molecule has 0 bridgehead atoms. The molecule has 0 saturated carbocycles. The Bertz CT molecular complexity index is 693. The highest BCUT2D eigenvalue weighted by molar-refractivity contribution is 14.0. The SMILES string of the molecule is CCC(CC)(CNC(=NC)NCc1nnc2n1CCC2)NC(=O)OC(C)(C)C.I. The molecule has 0 radical (unpaired) electrons. The fourth-order valence-corrected chi connectivity index (χ4v) is 3.22. The molecule has 29 heavy (non-hydrogen) atoms. The van der Waals surface area contributed by atoms with Crippen LogP contribution in [0.15, 0.2) is 4.99 Å². The molecule has 0 saturated heterocycles. The van der Waals surface area contributed by atoms with Gasteiger partial charge < -0.3 is 25.3 Å². The summed E-state index contributed by atoms with van der Waals surface area (Å²) in [5.41, 5.74) is -0.948. The van der Waals surface area contributed by atoms with Gasteiger partial charge in [-0.15, -0.1) is 34.2 Å². The number of nitrogens with zero attached hydrogens (tertiary/aromatic N) is 4. The molecule has 0 atom stereocenters. The van der Waals surface area contributed by atoms with Gasteiger partial charge in [0.1, 0.15) is 11.4 Å². The first-order valence-electron chi connectivity index (χ1n) is 10.1. The number of hydrogen-bond donors (Lipinski definition) is 3. The number of fused-ring (bicyclic) bond motifs is 1. The third-order valence-corrected chi connectivity index (χ3v) is 5.04. The Kier molecular flexibility index (Phi) is 9.63. The summed E-state index contributed by atoms with van der Waals surface area (Å²) in [6.45, 7) is 11.7. The van der Waals surface area contributed by atoms with Gasteiger partial charge in [-0.3, -0.25) is 4.99 Å². The summed E-state index contributed by atoms with van der Waals surface area (Å²) in [6, 6.07) is 0.